The Labute approximate surface area is 89.5 Å². The van der Waals surface area contributed by atoms with Crippen molar-refractivity contribution in [2.75, 3.05) is 11.5 Å². The van der Waals surface area contributed by atoms with Crippen LogP contribution in [0, 0.1) is 5.92 Å². The Bertz CT molecular complexity index is 290. The van der Waals surface area contributed by atoms with Gasteiger partial charge >= 0.3 is 0 Å². The van der Waals surface area contributed by atoms with E-state index in [1.54, 1.807) is 0 Å². The normalized spacial score (nSPS) is 23.5. The topological polar surface area (TPSA) is 103 Å². The van der Waals surface area contributed by atoms with Gasteiger partial charge in [0.2, 0.25) is 5.91 Å². The highest BCUT2D eigenvalue weighted by molar-refractivity contribution is 7.91. The zero-order valence-corrected chi connectivity index (χ0v) is 9.31. The summed E-state index contributed by atoms with van der Waals surface area (Å²) in [5.41, 5.74) is 10.5. The van der Waals surface area contributed by atoms with E-state index in [0.29, 0.717) is 12.8 Å². The molecule has 1 heterocycles. The average molecular weight is 243 g/mol. The lowest BCUT2D eigenvalue weighted by Crippen LogP contribution is -2.45. The van der Waals surface area contributed by atoms with Crippen molar-refractivity contribution in [3.05, 3.63) is 0 Å². The van der Waals surface area contributed by atoms with Crippen molar-refractivity contribution >= 4 is 28.2 Å². The van der Waals surface area contributed by atoms with E-state index in [9.17, 15) is 13.2 Å². The summed E-state index contributed by atoms with van der Waals surface area (Å²) in [6.45, 7) is 0. The van der Waals surface area contributed by atoms with Crippen molar-refractivity contribution in [3.8, 4) is 0 Å². The van der Waals surface area contributed by atoms with E-state index in [1.807, 2.05) is 0 Å². The number of nitrogens with two attached hydrogens (primary N) is 2. The van der Waals surface area contributed by atoms with Crippen LogP contribution in [0.4, 0.5) is 0 Å². The van der Waals surface area contributed by atoms with Crippen LogP contribution in [-0.2, 0) is 14.6 Å². The third kappa shape index (κ3) is 3.43. The van der Waals surface area contributed by atoms with Gasteiger partial charge in [-0.15, -0.1) is 12.4 Å². The molecule has 0 bridgehead atoms. The Kier molecular flexibility index (Phi) is 4.83. The van der Waals surface area contributed by atoms with Crippen LogP contribution >= 0.6 is 12.4 Å². The first kappa shape index (κ1) is 13.7. The number of rotatable bonds is 2. The summed E-state index contributed by atoms with van der Waals surface area (Å²) in [7, 11) is -2.88. The molecule has 1 rings (SSSR count). The van der Waals surface area contributed by atoms with Crippen molar-refractivity contribution in [2.45, 2.75) is 18.9 Å². The van der Waals surface area contributed by atoms with Gasteiger partial charge in [0.1, 0.15) is 9.84 Å². The Hall–Kier alpha value is -0.330. The molecule has 4 N–H and O–H groups in total. The molecule has 0 radical (unpaired) electrons. The molecule has 84 valence electrons. The number of sulfone groups is 1. The number of hydrogen-bond acceptors (Lipinski definition) is 4. The highest BCUT2D eigenvalue weighted by Crippen LogP contribution is 2.20. The fourth-order valence-electron chi connectivity index (χ4n) is 1.50. The van der Waals surface area contributed by atoms with E-state index < -0.39 is 21.8 Å². The number of amides is 1. The van der Waals surface area contributed by atoms with E-state index in [2.05, 4.69) is 0 Å². The number of halogens is 1. The van der Waals surface area contributed by atoms with Gasteiger partial charge in [0.25, 0.3) is 0 Å². The summed E-state index contributed by atoms with van der Waals surface area (Å²) >= 11 is 0. The van der Waals surface area contributed by atoms with Crippen LogP contribution in [0.5, 0.6) is 0 Å². The number of carbonyl (C=O) groups is 1. The van der Waals surface area contributed by atoms with Crippen LogP contribution in [-0.4, -0.2) is 31.9 Å². The molecule has 1 saturated heterocycles. The predicted octanol–water partition coefficient (Wildman–Crippen LogP) is -0.954. The van der Waals surface area contributed by atoms with Crippen molar-refractivity contribution < 1.29 is 13.2 Å². The largest absolute Gasteiger partial charge is 0.368 e. The number of hydrogen-bond donors (Lipinski definition) is 2. The van der Waals surface area contributed by atoms with Crippen molar-refractivity contribution in [1.29, 1.82) is 0 Å². The van der Waals surface area contributed by atoms with Gasteiger partial charge in [0.15, 0.2) is 0 Å². The van der Waals surface area contributed by atoms with E-state index in [1.165, 1.54) is 0 Å². The second-order valence-corrected chi connectivity index (χ2v) is 5.72. The minimum atomic E-state index is -2.88. The first-order chi connectivity index (χ1) is 5.92. The smallest absolute Gasteiger partial charge is 0.234 e. The van der Waals surface area contributed by atoms with Crippen LogP contribution in [0.25, 0.3) is 0 Å². The van der Waals surface area contributed by atoms with Gasteiger partial charge in [-0.25, -0.2) is 8.42 Å². The summed E-state index contributed by atoms with van der Waals surface area (Å²) < 4.78 is 22.1. The molecule has 0 aromatic heterocycles. The summed E-state index contributed by atoms with van der Waals surface area (Å²) in [5.74, 6) is -0.373. The second kappa shape index (κ2) is 4.95. The van der Waals surface area contributed by atoms with E-state index >= 15 is 0 Å². The molecule has 1 unspecified atom stereocenters. The van der Waals surface area contributed by atoms with Gasteiger partial charge in [0.05, 0.1) is 17.5 Å². The molecular weight excluding hydrogens is 228 g/mol. The highest BCUT2D eigenvalue weighted by atomic mass is 35.5. The molecule has 0 aromatic carbocycles. The van der Waals surface area contributed by atoms with E-state index in [4.69, 9.17) is 11.5 Å². The fraction of sp³-hybridized carbons (Fsp3) is 0.857. The van der Waals surface area contributed by atoms with Crippen LogP contribution in [0.15, 0.2) is 0 Å². The molecule has 14 heavy (non-hydrogen) atoms. The molecule has 7 heteroatoms. The van der Waals surface area contributed by atoms with Gasteiger partial charge in [-0.3, -0.25) is 4.79 Å². The Morgan fingerprint density at radius 2 is 1.71 bits per heavy atom. The Balaban J connectivity index is 0.00000169. The summed E-state index contributed by atoms with van der Waals surface area (Å²) in [6, 6.07) is -0.699. The molecule has 1 aliphatic heterocycles. The molecule has 1 atom stereocenters. The molecule has 0 spiro atoms. The standard InChI is InChI=1S/C7H14N2O3S.ClH/c8-6(7(9)10)5-1-3-13(11,12)4-2-5;/h5-6H,1-4,8H2,(H2,9,10);1H. The van der Waals surface area contributed by atoms with E-state index in [0.717, 1.165) is 0 Å². The van der Waals surface area contributed by atoms with Crippen LogP contribution < -0.4 is 11.5 Å². The first-order valence-electron chi connectivity index (χ1n) is 4.18. The monoisotopic (exact) mass is 242 g/mol. The van der Waals surface area contributed by atoms with Crippen molar-refractivity contribution in [1.82, 2.24) is 0 Å². The minimum absolute atomic E-state index is 0. The average Bonchev–Trinajstić information content (AvgIpc) is 2.03. The molecule has 5 nitrogen and oxygen atoms in total. The predicted molar refractivity (Wildman–Crippen MR) is 55.8 cm³/mol. The lowest BCUT2D eigenvalue weighted by Gasteiger charge is -2.25. The molecule has 0 aliphatic carbocycles. The van der Waals surface area contributed by atoms with Gasteiger partial charge in [-0.05, 0) is 18.8 Å². The van der Waals surface area contributed by atoms with Gasteiger partial charge in [-0.2, -0.15) is 0 Å². The van der Waals surface area contributed by atoms with Crippen LogP contribution in [0.2, 0.25) is 0 Å². The molecule has 1 fully saturated rings. The summed E-state index contributed by atoms with van der Waals surface area (Å²) in [6.07, 6.45) is 0.902. The van der Waals surface area contributed by atoms with Crippen molar-refractivity contribution in [3.63, 3.8) is 0 Å². The summed E-state index contributed by atoms with van der Waals surface area (Å²) in [4.78, 5) is 10.7. The SMILES string of the molecule is Cl.NC(=O)C(N)C1CCS(=O)(=O)CC1. The Morgan fingerprint density at radius 3 is 2.07 bits per heavy atom. The second-order valence-electron chi connectivity index (χ2n) is 3.42. The maximum atomic E-state index is 11.0. The maximum absolute atomic E-state index is 11.0. The molecule has 1 aliphatic rings. The number of carbonyl (C=O) groups excluding carboxylic acids is 1. The molecular formula is C7H15ClN2O3S. The fourth-order valence-corrected chi connectivity index (χ4v) is 3.03. The minimum Gasteiger partial charge on any atom is -0.368 e. The van der Waals surface area contributed by atoms with Gasteiger partial charge < -0.3 is 11.5 Å². The third-order valence-electron chi connectivity index (χ3n) is 2.44. The van der Waals surface area contributed by atoms with E-state index in [-0.39, 0.29) is 29.8 Å². The Morgan fingerprint density at radius 1 is 1.29 bits per heavy atom. The highest BCUT2D eigenvalue weighted by Gasteiger charge is 2.29. The zero-order valence-electron chi connectivity index (χ0n) is 7.68. The quantitative estimate of drug-likeness (QED) is 0.651. The lowest BCUT2D eigenvalue weighted by molar-refractivity contribution is -0.120. The first-order valence-corrected chi connectivity index (χ1v) is 6.00. The van der Waals surface area contributed by atoms with Gasteiger partial charge in [0, 0.05) is 0 Å². The van der Waals surface area contributed by atoms with Gasteiger partial charge in [-0.1, -0.05) is 0 Å². The molecule has 0 aromatic rings. The van der Waals surface area contributed by atoms with Crippen LogP contribution in [0.1, 0.15) is 12.8 Å². The molecule has 0 saturated carbocycles. The lowest BCUT2D eigenvalue weighted by atomic mass is 9.94. The summed E-state index contributed by atoms with van der Waals surface area (Å²) in [5, 5.41) is 0. The van der Waals surface area contributed by atoms with Crippen molar-refractivity contribution in [2.24, 2.45) is 17.4 Å². The zero-order chi connectivity index (χ0) is 10.1. The maximum Gasteiger partial charge on any atom is 0.234 e. The van der Waals surface area contributed by atoms with Crippen LogP contribution in [0.3, 0.4) is 0 Å². The molecule has 1 amide bonds. The number of primary amides is 1. The third-order valence-corrected chi connectivity index (χ3v) is 4.15.